The molecule has 1 saturated carbocycles. The monoisotopic (exact) mass is 288 g/mol. The number of rotatable bonds is 6. The van der Waals surface area contributed by atoms with Gasteiger partial charge in [-0.3, -0.25) is 4.79 Å². The first kappa shape index (κ1) is 15.4. The molecule has 2 rings (SSSR count). The summed E-state index contributed by atoms with van der Waals surface area (Å²) in [4.78, 5) is 15.7. The van der Waals surface area contributed by atoms with Crippen LogP contribution in [0, 0.1) is 0 Å². The second kappa shape index (κ2) is 7.11. The van der Waals surface area contributed by atoms with E-state index in [2.05, 4.69) is 47.7 Å². The molecule has 0 spiro atoms. The minimum absolute atomic E-state index is 0.0678. The summed E-state index contributed by atoms with van der Waals surface area (Å²) in [6, 6.07) is 6.57. The molecule has 1 aromatic carbocycles. The van der Waals surface area contributed by atoms with Crippen molar-refractivity contribution in [2.45, 2.75) is 45.6 Å². The van der Waals surface area contributed by atoms with E-state index in [1.165, 1.54) is 11.1 Å². The zero-order chi connectivity index (χ0) is 15.2. The molecule has 0 saturated heterocycles. The van der Waals surface area contributed by atoms with Gasteiger partial charge in [-0.2, -0.15) is 0 Å². The fourth-order valence-corrected chi connectivity index (χ4v) is 2.23. The minimum Gasteiger partial charge on any atom is -0.370 e. The first-order chi connectivity index (χ1) is 10.1. The molecule has 0 heterocycles. The third kappa shape index (κ3) is 4.48. The van der Waals surface area contributed by atoms with E-state index in [0.717, 1.165) is 31.4 Å². The highest BCUT2D eigenvalue weighted by molar-refractivity contribution is 5.95. The SMILES string of the molecule is CCc1cccc(CC)c1NC(N)=NCC(=O)NC1CC1. The standard InChI is InChI=1S/C16H24N4O/c1-3-11-6-5-7-12(4-2)15(11)20-16(17)18-10-14(21)19-13-8-9-13/h5-7,13H,3-4,8-10H2,1-2H3,(H,19,21)(H3,17,18,20). The van der Waals surface area contributed by atoms with Crippen LogP contribution in [0.15, 0.2) is 23.2 Å². The molecular weight excluding hydrogens is 264 g/mol. The number of nitrogens with two attached hydrogens (primary N) is 1. The zero-order valence-electron chi connectivity index (χ0n) is 12.8. The fraction of sp³-hybridized carbons (Fsp3) is 0.500. The van der Waals surface area contributed by atoms with Gasteiger partial charge < -0.3 is 16.4 Å². The number of hydrogen-bond donors (Lipinski definition) is 3. The number of anilines is 1. The van der Waals surface area contributed by atoms with E-state index in [-0.39, 0.29) is 18.4 Å². The van der Waals surface area contributed by atoms with Crippen LogP contribution in [-0.4, -0.2) is 24.5 Å². The van der Waals surface area contributed by atoms with Crippen molar-refractivity contribution in [2.75, 3.05) is 11.9 Å². The topological polar surface area (TPSA) is 79.5 Å². The summed E-state index contributed by atoms with van der Waals surface area (Å²) in [5, 5.41) is 6.04. The van der Waals surface area contributed by atoms with Gasteiger partial charge >= 0.3 is 0 Å². The van der Waals surface area contributed by atoms with Gasteiger partial charge in [0.05, 0.1) is 0 Å². The molecule has 1 aliphatic rings. The lowest BCUT2D eigenvalue weighted by Gasteiger charge is -2.14. The van der Waals surface area contributed by atoms with E-state index in [1.807, 2.05) is 0 Å². The summed E-state index contributed by atoms with van der Waals surface area (Å²) in [7, 11) is 0. The predicted molar refractivity (Wildman–Crippen MR) is 86.5 cm³/mol. The Morgan fingerprint density at radius 3 is 2.43 bits per heavy atom. The smallest absolute Gasteiger partial charge is 0.242 e. The largest absolute Gasteiger partial charge is 0.370 e. The van der Waals surface area contributed by atoms with E-state index in [9.17, 15) is 4.79 Å². The van der Waals surface area contributed by atoms with Crippen molar-refractivity contribution in [3.63, 3.8) is 0 Å². The molecule has 114 valence electrons. The van der Waals surface area contributed by atoms with Crippen LogP contribution in [0.5, 0.6) is 0 Å². The van der Waals surface area contributed by atoms with Gasteiger partial charge in [-0.15, -0.1) is 0 Å². The maximum atomic E-state index is 11.6. The molecule has 4 N–H and O–H groups in total. The highest BCUT2D eigenvalue weighted by Crippen LogP contribution is 2.22. The van der Waals surface area contributed by atoms with Crippen LogP contribution in [0.25, 0.3) is 0 Å². The Morgan fingerprint density at radius 1 is 1.29 bits per heavy atom. The number of aliphatic imine (C=N–C) groups is 1. The van der Waals surface area contributed by atoms with Gasteiger partial charge in [0.25, 0.3) is 0 Å². The molecule has 5 nitrogen and oxygen atoms in total. The second-order valence-corrected chi connectivity index (χ2v) is 5.33. The molecule has 0 aromatic heterocycles. The van der Waals surface area contributed by atoms with Crippen molar-refractivity contribution in [3.05, 3.63) is 29.3 Å². The van der Waals surface area contributed by atoms with Crippen LogP contribution in [0.4, 0.5) is 5.69 Å². The molecule has 1 aromatic rings. The Kier molecular flexibility index (Phi) is 5.20. The number of nitrogens with zero attached hydrogens (tertiary/aromatic N) is 1. The molecule has 1 amide bonds. The summed E-state index contributed by atoms with van der Waals surface area (Å²) in [6.07, 6.45) is 4.00. The Bertz CT molecular complexity index is 513. The summed E-state index contributed by atoms with van der Waals surface area (Å²) in [5.74, 6) is 0.221. The van der Waals surface area contributed by atoms with Crippen molar-refractivity contribution < 1.29 is 4.79 Å². The molecular formula is C16H24N4O. The predicted octanol–water partition coefficient (Wildman–Crippen LogP) is 1.82. The van der Waals surface area contributed by atoms with Crippen LogP contribution in [0.3, 0.4) is 0 Å². The maximum absolute atomic E-state index is 11.6. The van der Waals surface area contributed by atoms with E-state index in [0.29, 0.717) is 6.04 Å². The van der Waals surface area contributed by atoms with Crippen molar-refractivity contribution in [2.24, 2.45) is 10.7 Å². The van der Waals surface area contributed by atoms with Crippen molar-refractivity contribution >= 4 is 17.6 Å². The number of guanidine groups is 1. The quantitative estimate of drug-likeness (QED) is 0.552. The highest BCUT2D eigenvalue weighted by Gasteiger charge is 2.22. The van der Waals surface area contributed by atoms with Gasteiger partial charge in [0.15, 0.2) is 5.96 Å². The number of amides is 1. The lowest BCUT2D eigenvalue weighted by atomic mass is 10.0. The Morgan fingerprint density at radius 2 is 1.90 bits per heavy atom. The van der Waals surface area contributed by atoms with Crippen LogP contribution < -0.4 is 16.4 Å². The first-order valence-electron chi connectivity index (χ1n) is 7.61. The molecule has 1 fully saturated rings. The number of para-hydroxylation sites is 1. The number of carbonyl (C=O) groups excluding carboxylic acids is 1. The number of hydrogen-bond acceptors (Lipinski definition) is 2. The van der Waals surface area contributed by atoms with Gasteiger partial charge in [0.2, 0.25) is 5.91 Å². The van der Waals surface area contributed by atoms with Gasteiger partial charge in [-0.25, -0.2) is 4.99 Å². The molecule has 5 heteroatoms. The van der Waals surface area contributed by atoms with Crippen LogP contribution in [0.1, 0.15) is 37.8 Å². The lowest BCUT2D eigenvalue weighted by molar-refractivity contribution is -0.119. The zero-order valence-corrected chi connectivity index (χ0v) is 12.8. The lowest BCUT2D eigenvalue weighted by Crippen LogP contribution is -2.30. The molecule has 1 aliphatic carbocycles. The molecule has 0 unspecified atom stereocenters. The van der Waals surface area contributed by atoms with E-state index in [4.69, 9.17) is 5.73 Å². The molecule has 0 bridgehead atoms. The van der Waals surface area contributed by atoms with Gasteiger partial charge in [0.1, 0.15) is 6.54 Å². The molecule has 21 heavy (non-hydrogen) atoms. The van der Waals surface area contributed by atoms with Crippen LogP contribution >= 0.6 is 0 Å². The van der Waals surface area contributed by atoms with Crippen LogP contribution in [0.2, 0.25) is 0 Å². The Labute approximate surface area is 126 Å². The maximum Gasteiger partial charge on any atom is 0.242 e. The molecule has 0 atom stereocenters. The van der Waals surface area contributed by atoms with Crippen molar-refractivity contribution in [1.82, 2.24) is 5.32 Å². The number of carbonyl (C=O) groups is 1. The van der Waals surface area contributed by atoms with Crippen LogP contribution in [-0.2, 0) is 17.6 Å². The normalized spacial score (nSPS) is 14.9. The Hall–Kier alpha value is -2.04. The second-order valence-electron chi connectivity index (χ2n) is 5.33. The minimum atomic E-state index is -0.0678. The average Bonchev–Trinajstić information content (AvgIpc) is 3.29. The van der Waals surface area contributed by atoms with E-state index >= 15 is 0 Å². The fourth-order valence-electron chi connectivity index (χ4n) is 2.23. The van der Waals surface area contributed by atoms with Crippen molar-refractivity contribution in [1.29, 1.82) is 0 Å². The van der Waals surface area contributed by atoms with Gasteiger partial charge in [-0.05, 0) is 36.8 Å². The number of aryl methyl sites for hydroxylation is 2. The van der Waals surface area contributed by atoms with Gasteiger partial charge in [0, 0.05) is 11.7 Å². The first-order valence-corrected chi connectivity index (χ1v) is 7.61. The highest BCUT2D eigenvalue weighted by atomic mass is 16.2. The van der Waals surface area contributed by atoms with E-state index in [1.54, 1.807) is 0 Å². The molecule has 0 radical (unpaired) electrons. The summed E-state index contributed by atoms with van der Waals surface area (Å²) >= 11 is 0. The van der Waals surface area contributed by atoms with Gasteiger partial charge in [-0.1, -0.05) is 32.0 Å². The van der Waals surface area contributed by atoms with Crippen molar-refractivity contribution in [3.8, 4) is 0 Å². The summed E-state index contributed by atoms with van der Waals surface area (Å²) in [6.45, 7) is 4.29. The summed E-state index contributed by atoms with van der Waals surface area (Å²) in [5.41, 5.74) is 9.33. The summed E-state index contributed by atoms with van der Waals surface area (Å²) < 4.78 is 0. The third-order valence-electron chi connectivity index (χ3n) is 3.59. The molecule has 0 aliphatic heterocycles. The average molecular weight is 288 g/mol. The Balaban J connectivity index is 2.00. The number of benzene rings is 1. The third-order valence-corrected chi connectivity index (χ3v) is 3.59. The van der Waals surface area contributed by atoms with E-state index < -0.39 is 0 Å². The number of nitrogens with one attached hydrogen (secondary N) is 2.